The molecule has 0 unspecified atom stereocenters. The minimum Gasteiger partial charge on any atom is -0.494 e. The molecule has 0 aromatic heterocycles. The predicted octanol–water partition coefficient (Wildman–Crippen LogP) is 6.29. The number of anilines is 2. The molecule has 0 amide bonds. The van der Waals surface area contributed by atoms with Crippen molar-refractivity contribution in [3.8, 4) is 17.2 Å². The molecule has 0 aliphatic heterocycles. The van der Waals surface area contributed by atoms with E-state index in [0.29, 0.717) is 28.3 Å². The average Bonchev–Trinajstić information content (AvgIpc) is 2.91. The molecule has 0 aliphatic carbocycles. The summed E-state index contributed by atoms with van der Waals surface area (Å²) < 4.78 is 58.2. The summed E-state index contributed by atoms with van der Waals surface area (Å²) in [7, 11) is 1.41. The van der Waals surface area contributed by atoms with Crippen molar-refractivity contribution in [2.45, 2.75) is 32.4 Å². The monoisotopic (exact) mass is 572 g/mol. The van der Waals surface area contributed by atoms with Gasteiger partial charge in [0.2, 0.25) is 0 Å². The summed E-state index contributed by atoms with van der Waals surface area (Å²) in [5, 5.41) is 0. The lowest BCUT2D eigenvalue weighted by Crippen LogP contribution is -2.10. The molecule has 0 atom stereocenters. The number of hydrogen-bond donors (Lipinski definition) is 2. The number of alkyl halides is 3. The van der Waals surface area contributed by atoms with E-state index < -0.39 is 24.5 Å². The van der Waals surface area contributed by atoms with Gasteiger partial charge in [0.15, 0.2) is 11.5 Å². The van der Waals surface area contributed by atoms with Crippen LogP contribution >= 0.6 is 0 Å². The Morgan fingerprint density at radius 3 is 2.17 bits per heavy atom. The molecular formula is C30H31F3N2O6. The normalized spacial score (nSPS) is 11.6. The van der Waals surface area contributed by atoms with E-state index in [1.807, 2.05) is 0 Å². The van der Waals surface area contributed by atoms with Gasteiger partial charge in [-0.1, -0.05) is 6.07 Å². The van der Waals surface area contributed by atoms with Crippen LogP contribution in [0.25, 0.3) is 11.6 Å². The molecule has 3 rings (SSSR count). The van der Waals surface area contributed by atoms with Crippen molar-refractivity contribution in [1.82, 2.24) is 0 Å². The van der Waals surface area contributed by atoms with Crippen LogP contribution in [0.4, 0.5) is 24.5 Å². The van der Waals surface area contributed by atoms with Gasteiger partial charge in [0.25, 0.3) is 0 Å². The number of rotatable bonds is 12. The second-order valence-electron chi connectivity index (χ2n) is 8.91. The molecule has 11 heteroatoms. The van der Waals surface area contributed by atoms with Gasteiger partial charge in [-0.3, -0.25) is 0 Å². The molecule has 0 saturated heterocycles. The van der Waals surface area contributed by atoms with Crippen LogP contribution < -0.4 is 25.7 Å². The smallest absolute Gasteiger partial charge is 0.389 e. The summed E-state index contributed by atoms with van der Waals surface area (Å²) in [6, 6.07) is 15.6. The lowest BCUT2D eigenvalue weighted by molar-refractivity contribution is -0.136. The quantitative estimate of drug-likeness (QED) is 0.0648. The molecule has 0 fully saturated rings. The van der Waals surface area contributed by atoms with E-state index in [9.17, 15) is 22.8 Å². The Balaban J connectivity index is 1.72. The van der Waals surface area contributed by atoms with E-state index in [2.05, 4.69) is 0 Å². The first kappa shape index (κ1) is 30.9. The number of benzene rings is 3. The van der Waals surface area contributed by atoms with Crippen LogP contribution in [0.5, 0.6) is 17.2 Å². The first-order valence-corrected chi connectivity index (χ1v) is 12.7. The van der Waals surface area contributed by atoms with E-state index >= 15 is 0 Å². The Morgan fingerprint density at radius 2 is 1.56 bits per heavy atom. The minimum absolute atomic E-state index is 0.0238. The third-order valence-electron chi connectivity index (χ3n) is 5.70. The van der Waals surface area contributed by atoms with Gasteiger partial charge in [0.1, 0.15) is 5.75 Å². The molecular weight excluding hydrogens is 541 g/mol. The Labute approximate surface area is 235 Å². The van der Waals surface area contributed by atoms with Crippen LogP contribution in [0.15, 0.2) is 60.7 Å². The third-order valence-corrected chi connectivity index (χ3v) is 5.70. The number of nitrogen functional groups attached to an aromatic ring is 2. The lowest BCUT2D eigenvalue weighted by Gasteiger charge is -2.12. The molecule has 4 N–H and O–H groups in total. The lowest BCUT2D eigenvalue weighted by atomic mass is 10.0. The van der Waals surface area contributed by atoms with Crippen LogP contribution in [-0.4, -0.2) is 38.4 Å². The van der Waals surface area contributed by atoms with Crippen molar-refractivity contribution in [2.75, 3.05) is 31.8 Å². The SMILES string of the molecule is CCOC(=O)C(=Cc1ccc(OC(=O)c2ccc(OCCCCC(F)(F)F)cc2)c(OC)c1)c1cc(N)cc(N)c1. The second kappa shape index (κ2) is 14.1. The van der Waals surface area contributed by atoms with Crippen molar-refractivity contribution >= 4 is 35.0 Å². The zero-order valence-corrected chi connectivity index (χ0v) is 22.6. The number of ether oxygens (including phenoxy) is 4. The van der Waals surface area contributed by atoms with E-state index in [0.717, 1.165) is 0 Å². The van der Waals surface area contributed by atoms with Gasteiger partial charge in [-0.05, 0) is 91.6 Å². The summed E-state index contributed by atoms with van der Waals surface area (Å²) in [5.74, 6) is -0.431. The number of methoxy groups -OCH3 is 1. The first-order valence-electron chi connectivity index (χ1n) is 12.7. The van der Waals surface area contributed by atoms with E-state index in [4.69, 9.17) is 30.4 Å². The van der Waals surface area contributed by atoms with Crippen LogP contribution in [0.1, 0.15) is 47.7 Å². The Kier molecular flexibility index (Phi) is 10.6. The maximum atomic E-state index is 12.7. The molecule has 8 nitrogen and oxygen atoms in total. The molecule has 0 bridgehead atoms. The van der Waals surface area contributed by atoms with Crippen molar-refractivity contribution in [1.29, 1.82) is 0 Å². The number of esters is 2. The fourth-order valence-electron chi connectivity index (χ4n) is 3.79. The molecule has 0 spiro atoms. The average molecular weight is 573 g/mol. The van der Waals surface area contributed by atoms with E-state index in [-0.39, 0.29) is 48.7 Å². The van der Waals surface area contributed by atoms with Crippen LogP contribution in [0, 0.1) is 0 Å². The van der Waals surface area contributed by atoms with Gasteiger partial charge in [0, 0.05) is 17.8 Å². The topological polar surface area (TPSA) is 123 Å². The zero-order valence-electron chi connectivity index (χ0n) is 22.6. The molecule has 3 aromatic carbocycles. The number of nitrogens with two attached hydrogens (primary N) is 2. The summed E-state index contributed by atoms with van der Waals surface area (Å²) in [6.07, 6.45) is -3.22. The maximum Gasteiger partial charge on any atom is 0.389 e. The standard InChI is InChI=1S/C30H31F3N2O6/c1-3-39-29(37)25(21-16-22(34)18-23(35)17-21)14-19-6-11-26(27(15-19)38-2)41-28(36)20-7-9-24(10-8-20)40-13-5-4-12-30(31,32)33/h6-11,14-18H,3-5,12-13,34-35H2,1-2H3. The van der Waals surface area contributed by atoms with Gasteiger partial charge >= 0.3 is 18.1 Å². The number of unbranched alkanes of at least 4 members (excludes halogenated alkanes) is 1. The zero-order chi connectivity index (χ0) is 30.0. The largest absolute Gasteiger partial charge is 0.494 e. The number of carbonyl (C=O) groups excluding carboxylic acids is 2. The van der Waals surface area contributed by atoms with Crippen molar-refractivity contribution in [3.05, 3.63) is 77.4 Å². The highest BCUT2D eigenvalue weighted by Gasteiger charge is 2.25. The van der Waals surface area contributed by atoms with Gasteiger partial charge in [-0.25, -0.2) is 9.59 Å². The number of hydrogen-bond acceptors (Lipinski definition) is 8. The van der Waals surface area contributed by atoms with Crippen molar-refractivity contribution in [2.24, 2.45) is 0 Å². The van der Waals surface area contributed by atoms with Crippen molar-refractivity contribution < 1.29 is 41.7 Å². The second-order valence-corrected chi connectivity index (χ2v) is 8.91. The molecule has 3 aromatic rings. The van der Waals surface area contributed by atoms with Crippen LogP contribution in [0.3, 0.4) is 0 Å². The Bertz CT molecular complexity index is 1370. The highest BCUT2D eigenvalue weighted by molar-refractivity contribution is 6.22. The highest BCUT2D eigenvalue weighted by atomic mass is 19.4. The highest BCUT2D eigenvalue weighted by Crippen LogP contribution is 2.32. The molecule has 0 saturated carbocycles. The van der Waals surface area contributed by atoms with E-state index in [1.54, 1.807) is 43.3 Å². The summed E-state index contributed by atoms with van der Waals surface area (Å²) in [5.41, 5.74) is 14.1. The van der Waals surface area contributed by atoms with Gasteiger partial charge < -0.3 is 30.4 Å². The summed E-state index contributed by atoms with van der Waals surface area (Å²) in [4.78, 5) is 25.5. The van der Waals surface area contributed by atoms with Crippen molar-refractivity contribution in [3.63, 3.8) is 0 Å². The summed E-state index contributed by atoms with van der Waals surface area (Å²) in [6.45, 7) is 1.99. The van der Waals surface area contributed by atoms with Gasteiger partial charge in [-0.2, -0.15) is 13.2 Å². The third kappa shape index (κ3) is 9.48. The fraction of sp³-hybridized carbons (Fsp3) is 0.267. The Hall–Kier alpha value is -4.67. The van der Waals surface area contributed by atoms with Crippen LogP contribution in [-0.2, 0) is 9.53 Å². The Morgan fingerprint density at radius 1 is 0.878 bits per heavy atom. The fourth-order valence-corrected chi connectivity index (χ4v) is 3.79. The van der Waals surface area contributed by atoms with E-state index in [1.165, 1.54) is 37.4 Å². The van der Waals surface area contributed by atoms with Gasteiger partial charge in [-0.15, -0.1) is 0 Å². The number of halogens is 3. The number of carbonyl (C=O) groups is 2. The molecule has 0 radical (unpaired) electrons. The maximum absolute atomic E-state index is 12.7. The molecule has 218 valence electrons. The minimum atomic E-state index is -4.18. The molecule has 0 aliphatic rings. The molecule has 0 heterocycles. The summed E-state index contributed by atoms with van der Waals surface area (Å²) >= 11 is 0. The first-order chi connectivity index (χ1) is 19.5. The van der Waals surface area contributed by atoms with Gasteiger partial charge in [0.05, 0.1) is 31.5 Å². The molecule has 41 heavy (non-hydrogen) atoms. The van der Waals surface area contributed by atoms with Crippen LogP contribution in [0.2, 0.25) is 0 Å². The predicted molar refractivity (Wildman–Crippen MR) is 150 cm³/mol.